The fourth-order valence-corrected chi connectivity index (χ4v) is 4.79. The molecule has 1 aliphatic carbocycles. The van der Waals surface area contributed by atoms with Crippen LogP contribution in [0, 0.1) is 0 Å². The highest BCUT2D eigenvalue weighted by atomic mass is 35.5. The minimum Gasteiger partial charge on any atom is -0.376 e. The van der Waals surface area contributed by atoms with Crippen molar-refractivity contribution in [1.29, 1.82) is 0 Å². The third-order valence-electron chi connectivity index (χ3n) is 6.61. The molecular formula is C30H33ClN4O3. The van der Waals surface area contributed by atoms with Crippen molar-refractivity contribution >= 4 is 40.7 Å². The molecule has 3 amide bonds. The molecule has 1 fully saturated rings. The number of halogens is 1. The second kappa shape index (κ2) is 13.1. The number of rotatable bonds is 9. The fourth-order valence-electron chi connectivity index (χ4n) is 4.59. The summed E-state index contributed by atoms with van der Waals surface area (Å²) in [5, 5.41) is 9.27. The molecule has 38 heavy (non-hydrogen) atoms. The van der Waals surface area contributed by atoms with Gasteiger partial charge in [-0.15, -0.1) is 0 Å². The normalized spacial score (nSPS) is 13.4. The first-order valence-electron chi connectivity index (χ1n) is 12.9. The van der Waals surface area contributed by atoms with Gasteiger partial charge in [-0.3, -0.25) is 14.4 Å². The molecule has 3 N–H and O–H groups in total. The van der Waals surface area contributed by atoms with Gasteiger partial charge in [-0.25, -0.2) is 0 Å². The van der Waals surface area contributed by atoms with Crippen molar-refractivity contribution in [2.24, 2.45) is 0 Å². The maximum Gasteiger partial charge on any atom is 0.253 e. The SMILES string of the molecule is CN(Cc1ccccc1)C(=O)c1cccc(NCC(=O)Nc2ccc(Cl)c(C(=O)NC3CCCCC3)c2)c1. The maximum absolute atomic E-state index is 12.9. The van der Waals surface area contributed by atoms with Crippen LogP contribution < -0.4 is 16.0 Å². The number of carbonyl (C=O) groups excluding carboxylic acids is 3. The second-order valence-electron chi connectivity index (χ2n) is 9.63. The molecule has 0 aliphatic heterocycles. The summed E-state index contributed by atoms with van der Waals surface area (Å²) in [4.78, 5) is 39.9. The largest absolute Gasteiger partial charge is 0.376 e. The number of carbonyl (C=O) groups is 3. The van der Waals surface area contributed by atoms with Crippen LogP contribution in [0.4, 0.5) is 11.4 Å². The van der Waals surface area contributed by atoms with Crippen molar-refractivity contribution in [2.45, 2.75) is 44.7 Å². The Labute approximate surface area is 228 Å². The van der Waals surface area contributed by atoms with E-state index in [2.05, 4.69) is 16.0 Å². The van der Waals surface area contributed by atoms with E-state index < -0.39 is 0 Å². The van der Waals surface area contributed by atoms with Crippen molar-refractivity contribution in [2.75, 3.05) is 24.2 Å². The van der Waals surface area contributed by atoms with Crippen molar-refractivity contribution in [1.82, 2.24) is 10.2 Å². The van der Waals surface area contributed by atoms with Crippen LogP contribution in [-0.2, 0) is 11.3 Å². The molecule has 0 bridgehead atoms. The van der Waals surface area contributed by atoms with Gasteiger partial charge in [0.25, 0.3) is 11.8 Å². The molecule has 1 aliphatic rings. The number of hydrogen-bond donors (Lipinski definition) is 3. The van der Waals surface area contributed by atoms with E-state index in [0.717, 1.165) is 31.2 Å². The lowest BCUT2D eigenvalue weighted by Crippen LogP contribution is -2.36. The van der Waals surface area contributed by atoms with E-state index >= 15 is 0 Å². The monoisotopic (exact) mass is 532 g/mol. The highest BCUT2D eigenvalue weighted by molar-refractivity contribution is 6.34. The molecule has 0 spiro atoms. The van der Waals surface area contributed by atoms with Crippen molar-refractivity contribution in [3.63, 3.8) is 0 Å². The number of amides is 3. The highest BCUT2D eigenvalue weighted by Gasteiger charge is 2.19. The van der Waals surface area contributed by atoms with Gasteiger partial charge >= 0.3 is 0 Å². The first-order chi connectivity index (χ1) is 18.4. The van der Waals surface area contributed by atoms with E-state index in [0.29, 0.717) is 34.1 Å². The summed E-state index contributed by atoms with van der Waals surface area (Å²) in [5.41, 5.74) is 3.06. The van der Waals surface area contributed by atoms with Crippen molar-refractivity contribution in [3.05, 3.63) is 94.5 Å². The van der Waals surface area contributed by atoms with Crippen LogP contribution >= 0.6 is 11.6 Å². The smallest absolute Gasteiger partial charge is 0.253 e. The number of nitrogens with zero attached hydrogens (tertiary/aromatic N) is 1. The van der Waals surface area contributed by atoms with E-state index in [4.69, 9.17) is 11.6 Å². The van der Waals surface area contributed by atoms with Crippen LogP contribution in [0.2, 0.25) is 5.02 Å². The predicted molar refractivity (Wildman–Crippen MR) is 152 cm³/mol. The third-order valence-corrected chi connectivity index (χ3v) is 6.94. The zero-order valence-electron chi connectivity index (χ0n) is 21.5. The first kappa shape index (κ1) is 27.2. The summed E-state index contributed by atoms with van der Waals surface area (Å²) in [6.45, 7) is 0.491. The summed E-state index contributed by atoms with van der Waals surface area (Å²) >= 11 is 6.28. The molecule has 0 radical (unpaired) electrons. The Balaban J connectivity index is 1.31. The van der Waals surface area contributed by atoms with Crippen LogP contribution in [0.1, 0.15) is 58.4 Å². The van der Waals surface area contributed by atoms with E-state index in [1.165, 1.54) is 6.42 Å². The molecule has 3 aromatic carbocycles. The molecule has 1 saturated carbocycles. The lowest BCUT2D eigenvalue weighted by atomic mass is 9.95. The van der Waals surface area contributed by atoms with Crippen LogP contribution in [0.5, 0.6) is 0 Å². The van der Waals surface area contributed by atoms with E-state index in [1.807, 2.05) is 30.3 Å². The van der Waals surface area contributed by atoms with Crippen molar-refractivity contribution < 1.29 is 14.4 Å². The predicted octanol–water partition coefficient (Wildman–Crippen LogP) is 5.73. The van der Waals surface area contributed by atoms with E-state index in [9.17, 15) is 14.4 Å². The summed E-state index contributed by atoms with van der Waals surface area (Å²) < 4.78 is 0. The minimum absolute atomic E-state index is 0.0102. The van der Waals surface area contributed by atoms with Gasteiger partial charge in [0.05, 0.1) is 17.1 Å². The molecule has 3 aromatic rings. The van der Waals surface area contributed by atoms with Crippen LogP contribution in [0.15, 0.2) is 72.8 Å². The zero-order chi connectivity index (χ0) is 26.9. The number of anilines is 2. The molecular weight excluding hydrogens is 500 g/mol. The second-order valence-corrected chi connectivity index (χ2v) is 10.0. The minimum atomic E-state index is -0.288. The number of hydrogen-bond acceptors (Lipinski definition) is 4. The van der Waals surface area contributed by atoms with Gasteiger partial charge in [0.1, 0.15) is 0 Å². The molecule has 4 rings (SSSR count). The Morgan fingerprint density at radius 1 is 0.895 bits per heavy atom. The lowest BCUT2D eigenvalue weighted by Gasteiger charge is -2.23. The number of benzene rings is 3. The van der Waals surface area contributed by atoms with Crippen LogP contribution in [0.25, 0.3) is 0 Å². The van der Waals surface area contributed by atoms with Crippen LogP contribution in [0.3, 0.4) is 0 Å². The molecule has 0 atom stereocenters. The van der Waals surface area contributed by atoms with Gasteiger partial charge in [0.15, 0.2) is 0 Å². The Kier molecular flexibility index (Phi) is 9.38. The first-order valence-corrected chi connectivity index (χ1v) is 13.3. The van der Waals surface area contributed by atoms with Crippen molar-refractivity contribution in [3.8, 4) is 0 Å². The van der Waals surface area contributed by atoms with Gasteiger partial charge in [-0.1, -0.05) is 67.3 Å². The molecule has 0 saturated heterocycles. The molecule has 8 heteroatoms. The average Bonchev–Trinajstić information content (AvgIpc) is 2.93. The van der Waals surface area contributed by atoms with Crippen LogP contribution in [-0.4, -0.2) is 42.3 Å². The molecule has 0 aromatic heterocycles. The quantitative estimate of drug-likeness (QED) is 0.328. The lowest BCUT2D eigenvalue weighted by molar-refractivity contribution is -0.114. The van der Waals surface area contributed by atoms with E-state index in [1.54, 1.807) is 54.4 Å². The Bertz CT molecular complexity index is 1280. The molecule has 198 valence electrons. The standard InChI is InChI=1S/C30H33ClN4O3/c1-35(20-21-9-4-2-5-10-21)30(38)22-11-8-14-24(17-22)32-19-28(36)33-25-15-16-27(31)26(18-25)29(37)34-23-12-6-3-7-13-23/h2,4-5,8-11,14-18,23,32H,3,6-7,12-13,19-20H2,1H3,(H,33,36)(H,34,37). The summed E-state index contributed by atoms with van der Waals surface area (Å²) in [7, 11) is 1.76. The van der Waals surface area contributed by atoms with E-state index in [-0.39, 0.29) is 30.3 Å². The Morgan fingerprint density at radius 3 is 2.42 bits per heavy atom. The zero-order valence-corrected chi connectivity index (χ0v) is 22.3. The maximum atomic E-state index is 12.9. The summed E-state index contributed by atoms with van der Waals surface area (Å²) in [6, 6.07) is 21.9. The Morgan fingerprint density at radius 2 is 1.66 bits per heavy atom. The summed E-state index contributed by atoms with van der Waals surface area (Å²) in [6.07, 6.45) is 5.38. The topological polar surface area (TPSA) is 90.5 Å². The van der Waals surface area contributed by atoms with Gasteiger partial charge in [0.2, 0.25) is 5.91 Å². The Hall–Kier alpha value is -3.84. The van der Waals surface area contributed by atoms with Gasteiger partial charge < -0.3 is 20.9 Å². The fraction of sp³-hybridized carbons (Fsp3) is 0.300. The van der Waals surface area contributed by atoms with Gasteiger partial charge in [0, 0.05) is 36.6 Å². The highest BCUT2D eigenvalue weighted by Crippen LogP contribution is 2.23. The third kappa shape index (κ3) is 7.59. The van der Waals surface area contributed by atoms with Gasteiger partial charge in [-0.2, -0.15) is 0 Å². The molecule has 0 heterocycles. The number of nitrogens with one attached hydrogen (secondary N) is 3. The van der Waals surface area contributed by atoms with Gasteiger partial charge in [-0.05, 0) is 54.8 Å². The summed E-state index contributed by atoms with van der Waals surface area (Å²) in [5.74, 6) is -0.624. The average molecular weight is 533 g/mol. The molecule has 0 unspecified atom stereocenters. The molecule has 7 nitrogen and oxygen atoms in total.